The summed E-state index contributed by atoms with van der Waals surface area (Å²) >= 11 is 0. The van der Waals surface area contributed by atoms with Gasteiger partial charge in [0.15, 0.2) is 6.10 Å². The Morgan fingerprint density at radius 2 is 1.19 bits per heavy atom. The highest BCUT2D eigenvalue weighted by molar-refractivity contribution is 7.47. The number of quaternary nitrogens is 1. The molecule has 0 heterocycles. The summed E-state index contributed by atoms with van der Waals surface area (Å²) in [4.78, 5) is 22.7. The van der Waals surface area contributed by atoms with Crippen molar-refractivity contribution in [1.82, 2.24) is 0 Å². The lowest BCUT2D eigenvalue weighted by atomic mass is 10.0. The number of hydrogen-bond donors (Lipinski definition) is 3. The third-order valence-corrected chi connectivity index (χ3v) is 10.0. The number of esters is 1. The summed E-state index contributed by atoms with van der Waals surface area (Å²) in [7, 11) is 1.50. The van der Waals surface area contributed by atoms with Gasteiger partial charge in [-0.3, -0.25) is 13.8 Å². The van der Waals surface area contributed by atoms with Crippen molar-refractivity contribution in [1.29, 1.82) is 0 Å². The monoisotopic (exact) mass is 825 g/mol. The van der Waals surface area contributed by atoms with Crippen LogP contribution in [0.1, 0.15) is 149 Å². The number of phosphoric acid groups is 1. The Labute approximate surface area is 348 Å². The number of phosphoric ester groups is 1. The van der Waals surface area contributed by atoms with Crippen LogP contribution in [0.2, 0.25) is 0 Å². The van der Waals surface area contributed by atoms with Gasteiger partial charge in [0.2, 0.25) is 0 Å². The number of likely N-dealkylation sites (N-methyl/N-ethyl adjacent to an activating group) is 1. The molecule has 0 saturated carbocycles. The first-order valence-electron chi connectivity index (χ1n) is 21.9. The molecule has 0 aliphatic carbocycles. The van der Waals surface area contributed by atoms with E-state index in [1.165, 1.54) is 70.5 Å². The number of ether oxygens (including phenoxy) is 2. The van der Waals surface area contributed by atoms with Crippen molar-refractivity contribution in [2.45, 2.75) is 167 Å². The molecule has 10 nitrogen and oxygen atoms in total. The lowest BCUT2D eigenvalue weighted by Crippen LogP contribution is -2.37. The first-order chi connectivity index (χ1) is 27.4. The number of nitrogens with zero attached hydrogens (tertiary/aromatic N) is 1. The summed E-state index contributed by atoms with van der Waals surface area (Å²) in [6.45, 7) is 4.42. The molecule has 11 heteroatoms. The van der Waals surface area contributed by atoms with Crippen LogP contribution in [0.25, 0.3) is 0 Å². The second-order valence-electron chi connectivity index (χ2n) is 15.7. The molecule has 0 bridgehead atoms. The smallest absolute Gasteiger partial charge is 0.472 e. The Balaban J connectivity index is 4.56. The zero-order valence-electron chi connectivity index (χ0n) is 36.5. The van der Waals surface area contributed by atoms with Gasteiger partial charge in [0.1, 0.15) is 19.8 Å². The first-order valence-corrected chi connectivity index (χ1v) is 23.4. The lowest BCUT2D eigenvalue weighted by molar-refractivity contribution is -0.870. The van der Waals surface area contributed by atoms with Gasteiger partial charge in [-0.2, -0.15) is 0 Å². The second kappa shape index (κ2) is 37.9. The Morgan fingerprint density at radius 3 is 1.77 bits per heavy atom. The zero-order valence-corrected chi connectivity index (χ0v) is 37.4. The Kier molecular flexibility index (Phi) is 36.4. The van der Waals surface area contributed by atoms with Crippen LogP contribution in [0.3, 0.4) is 0 Å². The van der Waals surface area contributed by atoms with Crippen molar-refractivity contribution < 1.29 is 47.5 Å². The van der Waals surface area contributed by atoms with E-state index in [0.717, 1.165) is 44.9 Å². The van der Waals surface area contributed by atoms with Crippen molar-refractivity contribution in [3.8, 4) is 0 Å². The van der Waals surface area contributed by atoms with Crippen molar-refractivity contribution in [3.05, 3.63) is 73.1 Å². The molecule has 0 amide bonds. The van der Waals surface area contributed by atoms with E-state index in [1.54, 1.807) is 0 Å². The van der Waals surface area contributed by atoms with E-state index in [1.807, 2.05) is 39.4 Å². The number of rotatable bonds is 39. The van der Waals surface area contributed by atoms with Crippen molar-refractivity contribution in [2.75, 3.05) is 47.5 Å². The average Bonchev–Trinajstić information content (AvgIpc) is 3.16. The number of hydrogen-bond acceptors (Lipinski definition) is 8. The third kappa shape index (κ3) is 40.3. The Morgan fingerprint density at radius 1 is 0.649 bits per heavy atom. The van der Waals surface area contributed by atoms with Crippen molar-refractivity contribution >= 4 is 13.8 Å². The number of aliphatic hydroxyl groups is 2. The van der Waals surface area contributed by atoms with Crippen LogP contribution < -0.4 is 0 Å². The fraction of sp³-hybridized carbons (Fsp3) is 0.717. The first kappa shape index (κ1) is 54.7. The highest BCUT2D eigenvalue weighted by Gasteiger charge is 2.26. The standard InChI is InChI=1S/C46H82NO9P/c1-6-8-10-12-14-16-18-20-21-22-23-25-27-29-31-33-39-53-43(42-56-57(51,52)55-40-38-47(3,4)5)41-54-46(50)37-34-36-45(49)44(48)35-32-30-28-26-24-19-17-15-13-11-9-7-2/h9,11,15-18,24,26,30,32-33,39,43-45,48-49H,6-8,10,12-14,19-23,25,27-29,31,34-38,40-42H2,1-5H3/p+1/b11-9-,17-15-,18-16-,26-24-,32-30-,39-33+/t43-,44+,45+/m1/s1. The predicted molar refractivity (Wildman–Crippen MR) is 236 cm³/mol. The zero-order chi connectivity index (χ0) is 42.3. The predicted octanol–water partition coefficient (Wildman–Crippen LogP) is 11.0. The molecule has 0 aromatic carbocycles. The molecule has 0 aromatic rings. The molecule has 0 aliphatic heterocycles. The topological polar surface area (TPSA) is 132 Å². The molecular weight excluding hydrogens is 741 g/mol. The number of unbranched alkanes of at least 4 members (excludes halogenated alkanes) is 11. The van der Waals surface area contributed by atoms with Crippen LogP contribution in [0.15, 0.2) is 73.1 Å². The van der Waals surface area contributed by atoms with E-state index in [4.69, 9.17) is 18.5 Å². The van der Waals surface area contributed by atoms with Crippen LogP contribution >= 0.6 is 7.82 Å². The minimum atomic E-state index is -4.34. The van der Waals surface area contributed by atoms with E-state index in [9.17, 15) is 24.5 Å². The van der Waals surface area contributed by atoms with Crippen molar-refractivity contribution in [3.63, 3.8) is 0 Å². The Hall–Kier alpha value is -2.30. The maximum absolute atomic E-state index is 12.5. The summed E-state index contributed by atoms with van der Waals surface area (Å²) in [5.74, 6) is -0.502. The summed E-state index contributed by atoms with van der Waals surface area (Å²) < 4.78 is 34.5. The van der Waals surface area contributed by atoms with Crippen molar-refractivity contribution in [2.24, 2.45) is 0 Å². The summed E-state index contributed by atoms with van der Waals surface area (Å²) in [6, 6.07) is 0. The molecule has 0 spiro atoms. The molecular formula is C46H83NO9P+. The van der Waals surface area contributed by atoms with Gasteiger partial charge >= 0.3 is 13.8 Å². The molecule has 0 fully saturated rings. The fourth-order valence-electron chi connectivity index (χ4n) is 5.44. The van der Waals surface area contributed by atoms with Crippen LogP contribution in [0.5, 0.6) is 0 Å². The molecule has 0 radical (unpaired) electrons. The number of aliphatic hydroxyl groups excluding tert-OH is 2. The van der Waals surface area contributed by atoms with Crippen LogP contribution in [0, 0.1) is 0 Å². The summed E-state index contributed by atoms with van der Waals surface area (Å²) in [5.41, 5.74) is 0. The molecule has 1 unspecified atom stereocenters. The van der Waals surface area contributed by atoms with E-state index >= 15 is 0 Å². The van der Waals surface area contributed by atoms with Gasteiger partial charge in [-0.15, -0.1) is 0 Å². The summed E-state index contributed by atoms with van der Waals surface area (Å²) in [5, 5.41) is 20.7. The Bertz CT molecular complexity index is 1170. The van der Waals surface area contributed by atoms with E-state index < -0.39 is 32.1 Å². The van der Waals surface area contributed by atoms with Gasteiger partial charge in [0.25, 0.3) is 0 Å². The van der Waals surface area contributed by atoms with E-state index in [-0.39, 0.29) is 32.7 Å². The maximum Gasteiger partial charge on any atom is 0.472 e. The molecule has 4 atom stereocenters. The SMILES string of the molecule is CC/C=C\C/C=C\C/C=C\C/C=C\C[C@H](O)[C@@H](O)CCCC(=O)OC[C@H](COP(=O)(O)OCC[N+](C)(C)C)O/C=C/CCCCCCCC/C=C\CCCCCC. The maximum atomic E-state index is 12.5. The van der Waals surface area contributed by atoms with E-state index in [2.05, 4.69) is 62.5 Å². The highest BCUT2D eigenvalue weighted by atomic mass is 31.2. The average molecular weight is 825 g/mol. The number of allylic oxidation sites excluding steroid dienone is 10. The van der Waals surface area contributed by atoms with E-state index in [0.29, 0.717) is 23.9 Å². The van der Waals surface area contributed by atoms with Gasteiger partial charge in [-0.25, -0.2) is 4.57 Å². The number of carbonyl (C=O) groups is 1. The number of carbonyl (C=O) groups excluding carboxylic acids is 1. The molecule has 57 heavy (non-hydrogen) atoms. The largest absolute Gasteiger partial charge is 0.492 e. The fourth-order valence-corrected chi connectivity index (χ4v) is 6.18. The van der Waals surface area contributed by atoms with Crippen LogP contribution in [-0.2, 0) is 27.9 Å². The quantitative estimate of drug-likeness (QED) is 0.0138. The molecule has 3 N–H and O–H groups in total. The van der Waals surface area contributed by atoms with Gasteiger partial charge < -0.3 is 29.1 Å². The third-order valence-electron chi connectivity index (χ3n) is 9.04. The molecule has 0 aliphatic rings. The molecule has 0 saturated heterocycles. The highest BCUT2D eigenvalue weighted by Crippen LogP contribution is 2.43. The van der Waals surface area contributed by atoms with Gasteiger partial charge in [-0.1, -0.05) is 120 Å². The molecule has 0 rings (SSSR count). The summed E-state index contributed by atoms with van der Waals surface area (Å²) in [6.07, 6.45) is 42.1. The van der Waals surface area contributed by atoms with Gasteiger partial charge in [-0.05, 0) is 89.5 Å². The minimum absolute atomic E-state index is 0.0396. The van der Waals surface area contributed by atoms with Gasteiger partial charge in [0.05, 0.1) is 46.2 Å². The van der Waals surface area contributed by atoms with Crippen LogP contribution in [0.4, 0.5) is 0 Å². The second-order valence-corrected chi connectivity index (χ2v) is 17.2. The minimum Gasteiger partial charge on any atom is -0.492 e. The molecule has 330 valence electrons. The molecule has 0 aromatic heterocycles. The van der Waals surface area contributed by atoms with Gasteiger partial charge in [0, 0.05) is 6.42 Å². The normalized spacial score (nSPS) is 15.5. The lowest BCUT2D eigenvalue weighted by Gasteiger charge is -2.24. The van der Waals surface area contributed by atoms with Crippen LogP contribution in [-0.4, -0.2) is 91.4 Å².